The summed E-state index contributed by atoms with van der Waals surface area (Å²) < 4.78 is 24.6. The molecule has 0 fully saturated rings. The first-order valence-electron chi connectivity index (χ1n) is 7.17. The van der Waals surface area contributed by atoms with E-state index in [0.29, 0.717) is 17.0 Å². The number of furan rings is 1. The summed E-state index contributed by atoms with van der Waals surface area (Å²) in [5, 5.41) is 0. The Kier molecular flexibility index (Phi) is 3.27. The van der Waals surface area contributed by atoms with E-state index in [0.717, 1.165) is 16.8 Å². The quantitative estimate of drug-likeness (QED) is 0.509. The molecule has 0 N–H and O–H groups in total. The van der Waals surface area contributed by atoms with E-state index < -0.39 is 0 Å². The molecule has 0 amide bonds. The molecule has 4 aromatic rings. The highest BCUT2D eigenvalue weighted by Crippen LogP contribution is 2.25. The van der Waals surface area contributed by atoms with E-state index in [9.17, 15) is 4.39 Å². The second kappa shape index (κ2) is 5.57. The molecule has 2 aromatic heterocycles. The van der Waals surface area contributed by atoms with Crippen LogP contribution in [0.5, 0.6) is 0 Å². The van der Waals surface area contributed by atoms with Gasteiger partial charge in [-0.25, -0.2) is 9.37 Å². The van der Waals surface area contributed by atoms with Gasteiger partial charge < -0.3 is 8.83 Å². The van der Waals surface area contributed by atoms with Gasteiger partial charge in [-0.1, -0.05) is 18.2 Å². The number of aromatic nitrogens is 1. The predicted molar refractivity (Wildman–Crippen MR) is 87.0 cm³/mol. The van der Waals surface area contributed by atoms with Crippen LogP contribution in [0.3, 0.4) is 0 Å². The zero-order valence-electron chi connectivity index (χ0n) is 12.1. The first-order chi connectivity index (χ1) is 11.3. The molecule has 0 aliphatic heterocycles. The summed E-state index contributed by atoms with van der Waals surface area (Å²) in [5.41, 5.74) is 2.83. The van der Waals surface area contributed by atoms with Crippen LogP contribution < -0.4 is 0 Å². The second-order valence-electron chi connectivity index (χ2n) is 5.07. The summed E-state index contributed by atoms with van der Waals surface area (Å²) in [6, 6.07) is 15.9. The number of halogens is 1. The van der Waals surface area contributed by atoms with Crippen molar-refractivity contribution in [3.8, 4) is 11.3 Å². The van der Waals surface area contributed by atoms with Gasteiger partial charge in [-0.15, -0.1) is 0 Å². The van der Waals surface area contributed by atoms with Crippen molar-refractivity contribution in [3.63, 3.8) is 0 Å². The molecule has 3 nitrogen and oxygen atoms in total. The van der Waals surface area contributed by atoms with Crippen molar-refractivity contribution in [2.24, 2.45) is 0 Å². The zero-order chi connectivity index (χ0) is 15.6. The van der Waals surface area contributed by atoms with E-state index in [1.807, 2.05) is 30.3 Å². The molecular weight excluding hydrogens is 293 g/mol. The second-order valence-corrected chi connectivity index (χ2v) is 5.07. The Morgan fingerprint density at radius 2 is 1.87 bits per heavy atom. The molecule has 23 heavy (non-hydrogen) atoms. The van der Waals surface area contributed by atoms with E-state index >= 15 is 0 Å². The first kappa shape index (κ1) is 13.5. The van der Waals surface area contributed by atoms with Crippen molar-refractivity contribution in [3.05, 3.63) is 78.1 Å². The fraction of sp³-hybridized carbons (Fsp3) is 0. The molecule has 0 atom stereocenters. The van der Waals surface area contributed by atoms with Crippen molar-refractivity contribution in [1.82, 2.24) is 4.98 Å². The number of nitrogens with zero attached hydrogens (tertiary/aromatic N) is 1. The standard InChI is InChI=1S/C19H12FNO2/c20-15-5-2-1-4-13(15)8-10-19-21-16-12-14(7-9-18(16)23-19)17-6-3-11-22-17/h1-12H. The maximum Gasteiger partial charge on any atom is 0.220 e. The van der Waals surface area contributed by atoms with Gasteiger partial charge in [0.2, 0.25) is 5.89 Å². The molecule has 112 valence electrons. The zero-order valence-corrected chi connectivity index (χ0v) is 12.1. The van der Waals surface area contributed by atoms with Crippen LogP contribution in [-0.2, 0) is 0 Å². The van der Waals surface area contributed by atoms with Gasteiger partial charge >= 0.3 is 0 Å². The number of hydrogen-bond donors (Lipinski definition) is 0. The number of hydrogen-bond acceptors (Lipinski definition) is 3. The Morgan fingerprint density at radius 1 is 0.957 bits per heavy atom. The van der Waals surface area contributed by atoms with Crippen LogP contribution in [0.4, 0.5) is 4.39 Å². The Bertz CT molecular complexity index is 984. The average molecular weight is 305 g/mol. The Hall–Kier alpha value is -3.14. The van der Waals surface area contributed by atoms with Crippen molar-refractivity contribution < 1.29 is 13.2 Å². The third-order valence-corrected chi connectivity index (χ3v) is 3.52. The van der Waals surface area contributed by atoms with Crippen LogP contribution in [0, 0.1) is 5.82 Å². The smallest absolute Gasteiger partial charge is 0.220 e. The van der Waals surface area contributed by atoms with Crippen LogP contribution in [0.2, 0.25) is 0 Å². The van der Waals surface area contributed by atoms with Gasteiger partial charge in [-0.05, 0) is 42.5 Å². The lowest BCUT2D eigenvalue weighted by atomic mass is 10.1. The van der Waals surface area contributed by atoms with Gasteiger partial charge in [0.05, 0.1) is 6.26 Å². The molecule has 2 heterocycles. The largest absolute Gasteiger partial charge is 0.464 e. The van der Waals surface area contributed by atoms with E-state index in [1.165, 1.54) is 6.07 Å². The SMILES string of the molecule is Fc1ccccc1C=Cc1nc2cc(-c3ccco3)ccc2o1. The molecule has 4 heteroatoms. The van der Waals surface area contributed by atoms with Gasteiger partial charge in [0.25, 0.3) is 0 Å². The summed E-state index contributed by atoms with van der Waals surface area (Å²) in [6.45, 7) is 0. The van der Waals surface area contributed by atoms with Crippen molar-refractivity contribution in [2.75, 3.05) is 0 Å². The Morgan fingerprint density at radius 3 is 2.70 bits per heavy atom. The monoisotopic (exact) mass is 305 g/mol. The molecule has 0 aliphatic carbocycles. The average Bonchev–Trinajstić information content (AvgIpc) is 3.22. The molecule has 0 aliphatic rings. The molecule has 4 rings (SSSR count). The van der Waals surface area contributed by atoms with Gasteiger partial charge in [-0.3, -0.25) is 0 Å². The molecule has 0 unspecified atom stereocenters. The lowest BCUT2D eigenvalue weighted by molar-refractivity contribution is 0.582. The molecule has 0 saturated heterocycles. The highest BCUT2D eigenvalue weighted by Gasteiger charge is 2.07. The fourth-order valence-electron chi connectivity index (χ4n) is 2.38. The number of oxazole rings is 1. The van der Waals surface area contributed by atoms with E-state index in [-0.39, 0.29) is 5.82 Å². The number of rotatable bonds is 3. The normalized spacial score (nSPS) is 11.5. The summed E-state index contributed by atoms with van der Waals surface area (Å²) in [5.74, 6) is 0.929. The fourth-order valence-corrected chi connectivity index (χ4v) is 2.38. The van der Waals surface area contributed by atoms with Gasteiger partial charge in [0.15, 0.2) is 5.58 Å². The maximum absolute atomic E-state index is 13.6. The molecule has 0 radical (unpaired) electrons. The minimum Gasteiger partial charge on any atom is -0.464 e. The highest BCUT2D eigenvalue weighted by atomic mass is 19.1. The Balaban J connectivity index is 1.68. The summed E-state index contributed by atoms with van der Waals surface area (Å²) >= 11 is 0. The summed E-state index contributed by atoms with van der Waals surface area (Å²) in [6.07, 6.45) is 4.93. The molecule has 0 spiro atoms. The minimum absolute atomic E-state index is 0.278. The van der Waals surface area contributed by atoms with Crippen molar-refractivity contribution >= 4 is 23.3 Å². The summed E-state index contributed by atoms with van der Waals surface area (Å²) in [4.78, 5) is 4.41. The maximum atomic E-state index is 13.6. The molecule has 2 aromatic carbocycles. The first-order valence-corrected chi connectivity index (χ1v) is 7.17. The molecule has 0 bridgehead atoms. The van der Waals surface area contributed by atoms with Gasteiger partial charge in [0, 0.05) is 17.2 Å². The lowest BCUT2D eigenvalue weighted by Crippen LogP contribution is -1.79. The lowest BCUT2D eigenvalue weighted by Gasteiger charge is -1.94. The number of benzene rings is 2. The minimum atomic E-state index is -0.278. The highest BCUT2D eigenvalue weighted by molar-refractivity contribution is 5.80. The van der Waals surface area contributed by atoms with Crippen molar-refractivity contribution in [1.29, 1.82) is 0 Å². The van der Waals surface area contributed by atoms with E-state index in [1.54, 1.807) is 36.6 Å². The van der Waals surface area contributed by atoms with Crippen LogP contribution in [0.25, 0.3) is 34.6 Å². The van der Waals surface area contributed by atoms with Crippen molar-refractivity contribution in [2.45, 2.75) is 0 Å². The van der Waals surface area contributed by atoms with Gasteiger partial charge in [-0.2, -0.15) is 0 Å². The van der Waals surface area contributed by atoms with Crippen LogP contribution in [-0.4, -0.2) is 4.98 Å². The van der Waals surface area contributed by atoms with Crippen LogP contribution >= 0.6 is 0 Å². The predicted octanol–water partition coefficient (Wildman–Crippen LogP) is 5.40. The topological polar surface area (TPSA) is 39.2 Å². The summed E-state index contributed by atoms with van der Waals surface area (Å²) in [7, 11) is 0. The Labute approximate surface area is 131 Å². The van der Waals surface area contributed by atoms with Crippen LogP contribution in [0.15, 0.2) is 69.7 Å². The third-order valence-electron chi connectivity index (χ3n) is 3.52. The van der Waals surface area contributed by atoms with Crippen LogP contribution in [0.1, 0.15) is 11.5 Å². The third kappa shape index (κ3) is 2.66. The van der Waals surface area contributed by atoms with E-state index in [2.05, 4.69) is 4.98 Å². The molecule has 0 saturated carbocycles. The van der Waals surface area contributed by atoms with Gasteiger partial charge in [0.1, 0.15) is 17.1 Å². The number of fused-ring (bicyclic) bond motifs is 1. The van der Waals surface area contributed by atoms with E-state index in [4.69, 9.17) is 8.83 Å². The molecular formula is C19H12FNO2.